The smallest absolute Gasteiger partial charge is 0.0586 e. The number of benzene rings is 1. The van der Waals surface area contributed by atoms with Crippen LogP contribution in [-0.4, -0.2) is 0 Å². The highest BCUT2D eigenvalue weighted by Crippen LogP contribution is 2.38. The maximum absolute atomic E-state index is 5.98. The Balaban J connectivity index is 2.98. The van der Waals surface area contributed by atoms with Crippen molar-refractivity contribution in [2.24, 2.45) is 0 Å². The molecule has 0 atom stereocenters. The van der Waals surface area contributed by atoms with E-state index in [9.17, 15) is 0 Å². The van der Waals surface area contributed by atoms with E-state index >= 15 is 0 Å². The Morgan fingerprint density at radius 2 is 2.17 bits per heavy atom. The third kappa shape index (κ3) is 1.13. The maximum atomic E-state index is 5.98. The van der Waals surface area contributed by atoms with Gasteiger partial charge in [-0.3, -0.25) is 0 Å². The molecule has 2 rings (SSSR count). The summed E-state index contributed by atoms with van der Waals surface area (Å²) in [6.45, 7) is 0. The van der Waals surface area contributed by atoms with Gasteiger partial charge in [0.25, 0.3) is 0 Å². The van der Waals surface area contributed by atoms with Gasteiger partial charge in [0, 0.05) is 20.9 Å². The molecule has 0 radical (unpaired) electrons. The molecule has 1 aromatic carbocycles. The Bertz CT molecular complexity index is 438. The first-order valence-corrected chi connectivity index (χ1v) is 5.36. The van der Waals surface area contributed by atoms with Crippen molar-refractivity contribution in [3.63, 3.8) is 0 Å². The number of fused-ring (bicyclic) bond motifs is 1. The average Bonchev–Trinajstić information content (AvgIpc) is 2.42. The number of anilines is 1. The first-order valence-electron chi connectivity index (χ1n) is 3.31. The summed E-state index contributed by atoms with van der Waals surface area (Å²) in [4.78, 5) is 0. The molecule has 0 amide bonds. The molecule has 1 nitrogen and oxygen atoms in total. The number of halogens is 2. The zero-order chi connectivity index (χ0) is 8.72. The lowest BCUT2D eigenvalue weighted by Gasteiger charge is -1.97. The molecule has 0 aliphatic heterocycles. The summed E-state index contributed by atoms with van der Waals surface area (Å²) in [5.74, 6) is 0. The van der Waals surface area contributed by atoms with Crippen molar-refractivity contribution < 1.29 is 0 Å². The van der Waals surface area contributed by atoms with Gasteiger partial charge < -0.3 is 5.73 Å². The Kier molecular flexibility index (Phi) is 2.02. The second-order valence-electron chi connectivity index (χ2n) is 2.42. The minimum Gasteiger partial charge on any atom is -0.398 e. The minimum atomic E-state index is 0.759. The van der Waals surface area contributed by atoms with E-state index in [1.807, 2.05) is 17.5 Å². The Hall–Kier alpha value is -0.250. The standard InChI is InChI=1S/C8H5BrClNS/c9-4-3-12-8-5(10)1-2-6(11)7(4)8/h1-3H,11H2. The van der Waals surface area contributed by atoms with E-state index in [1.165, 1.54) is 0 Å². The molecular weight excluding hydrogens is 258 g/mol. The van der Waals surface area contributed by atoms with Gasteiger partial charge >= 0.3 is 0 Å². The van der Waals surface area contributed by atoms with Crippen molar-refractivity contribution in [3.05, 3.63) is 27.0 Å². The second-order valence-corrected chi connectivity index (χ2v) is 4.57. The molecule has 2 N–H and O–H groups in total. The molecule has 0 unspecified atom stereocenters. The van der Waals surface area contributed by atoms with E-state index in [0.29, 0.717) is 0 Å². The Morgan fingerprint density at radius 3 is 2.83 bits per heavy atom. The molecular formula is C8H5BrClNS. The lowest BCUT2D eigenvalue weighted by atomic mass is 10.2. The van der Waals surface area contributed by atoms with Gasteiger partial charge in [-0.25, -0.2) is 0 Å². The molecule has 1 aromatic heterocycles. The highest BCUT2D eigenvalue weighted by Gasteiger charge is 2.07. The van der Waals surface area contributed by atoms with E-state index in [1.54, 1.807) is 11.3 Å². The van der Waals surface area contributed by atoms with Crippen LogP contribution in [0.4, 0.5) is 5.69 Å². The number of hydrogen-bond acceptors (Lipinski definition) is 2. The first-order chi connectivity index (χ1) is 5.70. The monoisotopic (exact) mass is 261 g/mol. The van der Waals surface area contributed by atoms with Crippen molar-refractivity contribution in [1.82, 2.24) is 0 Å². The van der Waals surface area contributed by atoms with Crippen LogP contribution in [0, 0.1) is 0 Å². The van der Waals surface area contributed by atoms with Crippen molar-refractivity contribution in [1.29, 1.82) is 0 Å². The zero-order valence-corrected chi connectivity index (χ0v) is 9.13. The molecule has 0 spiro atoms. The van der Waals surface area contributed by atoms with Crippen LogP contribution in [0.1, 0.15) is 0 Å². The topological polar surface area (TPSA) is 26.0 Å². The van der Waals surface area contributed by atoms with Crippen LogP contribution in [0.5, 0.6) is 0 Å². The van der Waals surface area contributed by atoms with Crippen molar-refractivity contribution in [2.45, 2.75) is 0 Å². The Labute approximate surface area is 87.3 Å². The van der Waals surface area contributed by atoms with Crippen LogP contribution in [-0.2, 0) is 0 Å². The predicted octanol–water partition coefficient (Wildman–Crippen LogP) is 3.90. The summed E-state index contributed by atoms with van der Waals surface area (Å²) >= 11 is 11.0. The van der Waals surface area contributed by atoms with Gasteiger partial charge in [-0.2, -0.15) is 0 Å². The molecule has 62 valence electrons. The molecule has 0 bridgehead atoms. The summed E-state index contributed by atoms with van der Waals surface area (Å²) in [6, 6.07) is 3.64. The van der Waals surface area contributed by atoms with E-state index in [4.69, 9.17) is 17.3 Å². The lowest BCUT2D eigenvalue weighted by molar-refractivity contribution is 1.78. The van der Waals surface area contributed by atoms with E-state index in [0.717, 1.165) is 25.3 Å². The fourth-order valence-corrected chi connectivity index (χ4v) is 3.10. The van der Waals surface area contributed by atoms with Crippen LogP contribution >= 0.6 is 38.9 Å². The molecule has 0 aliphatic carbocycles. The highest BCUT2D eigenvalue weighted by atomic mass is 79.9. The molecule has 4 heteroatoms. The predicted molar refractivity (Wildman–Crippen MR) is 58.9 cm³/mol. The van der Waals surface area contributed by atoms with Gasteiger partial charge in [0.2, 0.25) is 0 Å². The van der Waals surface area contributed by atoms with E-state index in [2.05, 4.69) is 15.9 Å². The van der Waals surface area contributed by atoms with Crippen LogP contribution in [0.25, 0.3) is 10.1 Å². The van der Waals surface area contributed by atoms with Crippen LogP contribution in [0.15, 0.2) is 22.0 Å². The number of nitrogen functional groups attached to an aromatic ring is 1. The normalized spacial score (nSPS) is 10.8. The van der Waals surface area contributed by atoms with Crippen molar-refractivity contribution in [3.8, 4) is 0 Å². The van der Waals surface area contributed by atoms with Gasteiger partial charge in [0.15, 0.2) is 0 Å². The summed E-state index contributed by atoms with van der Waals surface area (Å²) in [7, 11) is 0. The fourth-order valence-electron chi connectivity index (χ4n) is 1.10. The van der Waals surface area contributed by atoms with Gasteiger partial charge in [-0.05, 0) is 28.1 Å². The zero-order valence-electron chi connectivity index (χ0n) is 5.97. The third-order valence-corrected chi connectivity index (χ3v) is 4.03. The summed E-state index contributed by atoms with van der Waals surface area (Å²) in [5.41, 5.74) is 6.55. The lowest BCUT2D eigenvalue weighted by Crippen LogP contribution is -1.84. The SMILES string of the molecule is Nc1ccc(Cl)c2scc(Br)c12. The Morgan fingerprint density at radius 1 is 1.42 bits per heavy atom. The van der Waals surface area contributed by atoms with Gasteiger partial charge in [0.1, 0.15) is 0 Å². The van der Waals surface area contributed by atoms with Crippen LogP contribution in [0.2, 0.25) is 5.02 Å². The van der Waals surface area contributed by atoms with E-state index < -0.39 is 0 Å². The van der Waals surface area contributed by atoms with E-state index in [-0.39, 0.29) is 0 Å². The van der Waals surface area contributed by atoms with Gasteiger partial charge in [-0.15, -0.1) is 11.3 Å². The van der Waals surface area contributed by atoms with Gasteiger partial charge in [0.05, 0.1) is 9.72 Å². The average molecular weight is 263 g/mol. The molecule has 12 heavy (non-hydrogen) atoms. The number of hydrogen-bond donors (Lipinski definition) is 1. The number of nitrogens with two attached hydrogens (primary N) is 1. The minimum absolute atomic E-state index is 0.759. The fraction of sp³-hybridized carbons (Fsp3) is 0. The first kappa shape index (κ1) is 8.35. The van der Waals surface area contributed by atoms with Crippen LogP contribution < -0.4 is 5.73 Å². The summed E-state index contributed by atoms with van der Waals surface area (Å²) < 4.78 is 2.06. The third-order valence-electron chi connectivity index (χ3n) is 1.66. The summed E-state index contributed by atoms with van der Waals surface area (Å²) in [5, 5.41) is 3.77. The van der Waals surface area contributed by atoms with Crippen LogP contribution in [0.3, 0.4) is 0 Å². The summed E-state index contributed by atoms with van der Waals surface area (Å²) in [6.07, 6.45) is 0. The number of rotatable bonds is 0. The maximum Gasteiger partial charge on any atom is 0.0586 e. The highest BCUT2D eigenvalue weighted by molar-refractivity contribution is 9.10. The van der Waals surface area contributed by atoms with Gasteiger partial charge in [-0.1, -0.05) is 11.6 Å². The quantitative estimate of drug-likeness (QED) is 0.716. The molecule has 1 heterocycles. The number of thiophene rings is 1. The molecule has 0 saturated carbocycles. The van der Waals surface area contributed by atoms with Crippen molar-refractivity contribution >= 4 is 54.6 Å². The molecule has 0 saturated heterocycles. The molecule has 0 aliphatic rings. The largest absolute Gasteiger partial charge is 0.398 e. The molecule has 2 aromatic rings. The van der Waals surface area contributed by atoms with Crippen molar-refractivity contribution in [2.75, 3.05) is 5.73 Å². The second kappa shape index (κ2) is 2.91. The molecule has 0 fully saturated rings.